The number of aromatic nitrogens is 3. The van der Waals surface area contributed by atoms with Crippen molar-refractivity contribution in [3.8, 4) is 17.8 Å². The number of nitriles is 2. The molecule has 7 nitrogen and oxygen atoms in total. The van der Waals surface area contributed by atoms with Gasteiger partial charge in [0.05, 0.1) is 29.9 Å². The van der Waals surface area contributed by atoms with E-state index in [1.165, 1.54) is 13.9 Å². The van der Waals surface area contributed by atoms with E-state index in [-0.39, 0.29) is 18.3 Å². The van der Waals surface area contributed by atoms with Crippen LogP contribution in [-0.2, 0) is 0 Å². The second kappa shape index (κ2) is 6.33. The third-order valence-electron chi connectivity index (χ3n) is 7.40. The van der Waals surface area contributed by atoms with E-state index in [4.69, 9.17) is 0 Å². The average molecular weight is 411 g/mol. The van der Waals surface area contributed by atoms with E-state index in [2.05, 4.69) is 25.3 Å². The Bertz CT molecular complexity index is 1320. The summed E-state index contributed by atoms with van der Waals surface area (Å²) in [7, 11) is 0. The van der Waals surface area contributed by atoms with Crippen LogP contribution in [0.3, 0.4) is 0 Å². The zero-order chi connectivity index (χ0) is 22.0. The largest absolute Gasteiger partial charge is 0.352 e. The highest BCUT2D eigenvalue weighted by Crippen LogP contribution is 2.80. The van der Waals surface area contributed by atoms with Gasteiger partial charge in [-0.1, -0.05) is 42.5 Å². The summed E-state index contributed by atoms with van der Waals surface area (Å²) >= 11 is 0. The van der Waals surface area contributed by atoms with Crippen LogP contribution in [0.5, 0.6) is 0 Å². The molecule has 154 valence electrons. The zero-order valence-electron chi connectivity index (χ0n) is 16.9. The van der Waals surface area contributed by atoms with Crippen LogP contribution in [-0.4, -0.2) is 13.9 Å². The third-order valence-corrected chi connectivity index (χ3v) is 7.40. The highest BCUT2D eigenvalue weighted by Gasteiger charge is 2.82. The first-order valence-electron chi connectivity index (χ1n) is 10.3. The summed E-state index contributed by atoms with van der Waals surface area (Å²) in [5.74, 6) is -0.144. The molecule has 2 bridgehead atoms. The molecule has 31 heavy (non-hydrogen) atoms. The standard InChI is InChI=1S/C24H21N5O2/c1-3-8-17-20-18-11-12-19(24(17,20)23(14-25,15-26)13-4-2)29-22(31)27(21(30)28(18)29)16-9-6-5-7-10-16/h3-7,9-12,17-20H,1-2,8,13H2. The van der Waals surface area contributed by atoms with Crippen LogP contribution >= 0.6 is 0 Å². The summed E-state index contributed by atoms with van der Waals surface area (Å²) in [5, 5.41) is 20.4. The Labute approximate surface area is 179 Å². The van der Waals surface area contributed by atoms with Crippen molar-refractivity contribution in [2.75, 3.05) is 0 Å². The summed E-state index contributed by atoms with van der Waals surface area (Å²) in [6.45, 7) is 7.63. The van der Waals surface area contributed by atoms with Gasteiger partial charge in [-0.05, 0) is 36.8 Å². The molecule has 0 N–H and O–H groups in total. The maximum absolute atomic E-state index is 13.5. The van der Waals surface area contributed by atoms with Gasteiger partial charge in [-0.15, -0.1) is 13.2 Å². The molecule has 5 unspecified atom stereocenters. The van der Waals surface area contributed by atoms with E-state index in [0.717, 1.165) is 0 Å². The first kappa shape index (κ1) is 19.1. The average Bonchev–Trinajstić information content (AvgIpc) is 3.42. The van der Waals surface area contributed by atoms with E-state index < -0.39 is 34.3 Å². The Balaban J connectivity index is 1.79. The molecule has 6 rings (SSSR count). The summed E-state index contributed by atoms with van der Waals surface area (Å²) in [6, 6.07) is 12.4. The molecule has 2 aliphatic heterocycles. The molecular weight excluding hydrogens is 390 g/mol. The minimum atomic E-state index is -1.35. The van der Waals surface area contributed by atoms with E-state index in [0.29, 0.717) is 12.1 Å². The van der Waals surface area contributed by atoms with Crippen LogP contribution in [0.1, 0.15) is 24.9 Å². The highest BCUT2D eigenvalue weighted by atomic mass is 16.2. The topological polar surface area (TPSA) is 96.5 Å². The summed E-state index contributed by atoms with van der Waals surface area (Å²) in [5.41, 5.74) is -2.50. The monoisotopic (exact) mass is 411 g/mol. The maximum atomic E-state index is 13.5. The Hall–Kier alpha value is -3.84. The molecule has 1 saturated carbocycles. The lowest BCUT2D eigenvalue weighted by atomic mass is 9.63. The number of allylic oxidation sites excluding steroid dienone is 4. The van der Waals surface area contributed by atoms with Crippen LogP contribution in [0.15, 0.2) is 77.4 Å². The van der Waals surface area contributed by atoms with Gasteiger partial charge in [-0.2, -0.15) is 10.5 Å². The van der Waals surface area contributed by atoms with Gasteiger partial charge in [0.1, 0.15) is 0 Å². The molecule has 2 aromatic rings. The van der Waals surface area contributed by atoms with Crippen molar-refractivity contribution in [3.63, 3.8) is 0 Å². The van der Waals surface area contributed by atoms with Crippen LogP contribution in [0.25, 0.3) is 5.69 Å². The second-order valence-corrected chi connectivity index (χ2v) is 8.46. The minimum absolute atomic E-state index is 0.0365. The number of rotatable bonds is 6. The minimum Gasteiger partial charge on any atom is -0.245 e. The molecule has 1 aromatic carbocycles. The molecular formula is C24H21N5O2. The Morgan fingerprint density at radius 3 is 2.32 bits per heavy atom. The van der Waals surface area contributed by atoms with Gasteiger partial charge < -0.3 is 0 Å². The van der Waals surface area contributed by atoms with Crippen LogP contribution in [0.2, 0.25) is 0 Å². The number of nitrogens with zero attached hydrogens (tertiary/aromatic N) is 5. The Morgan fingerprint density at radius 1 is 1.03 bits per heavy atom. The lowest BCUT2D eigenvalue weighted by Crippen LogP contribution is -2.50. The molecule has 5 atom stereocenters. The number of hydrogen-bond donors (Lipinski definition) is 0. The van der Waals surface area contributed by atoms with Crippen LogP contribution in [0.4, 0.5) is 0 Å². The van der Waals surface area contributed by atoms with Gasteiger partial charge in [0.15, 0.2) is 5.41 Å². The Kier molecular flexibility index (Phi) is 3.91. The van der Waals surface area contributed by atoms with Gasteiger partial charge in [0.25, 0.3) is 0 Å². The van der Waals surface area contributed by atoms with Crippen LogP contribution in [0, 0.1) is 45.3 Å². The quantitative estimate of drug-likeness (QED) is 0.683. The van der Waals surface area contributed by atoms with Crippen molar-refractivity contribution in [3.05, 3.63) is 88.8 Å². The summed E-state index contributed by atoms with van der Waals surface area (Å²) in [4.78, 5) is 26.9. The first-order chi connectivity index (χ1) is 15.0. The lowest BCUT2D eigenvalue weighted by molar-refractivity contribution is 0.0946. The van der Waals surface area contributed by atoms with Gasteiger partial charge in [0, 0.05) is 5.41 Å². The molecule has 0 radical (unpaired) electrons. The summed E-state index contributed by atoms with van der Waals surface area (Å²) in [6.07, 6.45) is 8.03. The normalized spacial score (nSPS) is 29.4. The van der Waals surface area contributed by atoms with Crippen molar-refractivity contribution >= 4 is 0 Å². The van der Waals surface area contributed by atoms with Crippen molar-refractivity contribution < 1.29 is 0 Å². The molecule has 0 saturated heterocycles. The molecule has 4 aliphatic rings. The van der Waals surface area contributed by atoms with E-state index >= 15 is 0 Å². The molecule has 7 heteroatoms. The van der Waals surface area contributed by atoms with E-state index in [1.807, 2.05) is 18.2 Å². The number of benzene rings is 1. The van der Waals surface area contributed by atoms with Crippen molar-refractivity contribution in [2.45, 2.75) is 24.9 Å². The molecule has 1 aromatic heterocycles. The van der Waals surface area contributed by atoms with Crippen LogP contribution < -0.4 is 11.4 Å². The zero-order valence-corrected chi connectivity index (χ0v) is 16.9. The maximum Gasteiger partial charge on any atom is 0.352 e. The third kappa shape index (κ3) is 2.01. The molecule has 3 heterocycles. The van der Waals surface area contributed by atoms with Crippen molar-refractivity contribution in [1.82, 2.24) is 13.9 Å². The van der Waals surface area contributed by atoms with Gasteiger partial charge in [0.2, 0.25) is 0 Å². The number of para-hydroxylation sites is 1. The van der Waals surface area contributed by atoms with Crippen molar-refractivity contribution in [1.29, 1.82) is 10.5 Å². The number of hydrogen-bond acceptors (Lipinski definition) is 4. The van der Waals surface area contributed by atoms with Gasteiger partial charge >= 0.3 is 11.4 Å². The fourth-order valence-corrected chi connectivity index (χ4v) is 6.34. The molecule has 1 fully saturated rings. The Morgan fingerprint density at radius 2 is 1.71 bits per heavy atom. The summed E-state index contributed by atoms with van der Waals surface area (Å²) < 4.78 is 4.15. The smallest absolute Gasteiger partial charge is 0.245 e. The first-order valence-corrected chi connectivity index (χ1v) is 10.3. The predicted molar refractivity (Wildman–Crippen MR) is 114 cm³/mol. The van der Waals surface area contributed by atoms with Crippen molar-refractivity contribution in [2.24, 2.45) is 22.7 Å². The second-order valence-electron chi connectivity index (χ2n) is 8.46. The fraction of sp³-hybridized carbons (Fsp3) is 0.333. The van der Waals surface area contributed by atoms with E-state index in [9.17, 15) is 20.1 Å². The van der Waals surface area contributed by atoms with Gasteiger partial charge in [-0.25, -0.2) is 23.5 Å². The highest BCUT2D eigenvalue weighted by molar-refractivity contribution is 5.43. The van der Waals surface area contributed by atoms with E-state index in [1.54, 1.807) is 36.4 Å². The molecule has 2 aliphatic carbocycles. The SMILES string of the molecule is C=CCC1C2C3C=CC(n4c(=O)n(-c5ccccc5)c(=O)n43)C12C(C#N)(C#N)CC=C. The lowest BCUT2D eigenvalue weighted by Gasteiger charge is -2.44. The molecule has 0 spiro atoms. The predicted octanol–water partition coefficient (Wildman–Crippen LogP) is 2.88. The van der Waals surface area contributed by atoms with Gasteiger partial charge in [-0.3, -0.25) is 0 Å². The fourth-order valence-electron chi connectivity index (χ4n) is 6.34. The molecule has 0 amide bonds.